The Labute approximate surface area is 115 Å². The SMILES string of the molecule is Brc1cccc(-n2cc(OC3CCCC3)cn2)c1. The van der Waals surface area contributed by atoms with Crippen LogP contribution in [0.1, 0.15) is 25.7 Å². The van der Waals surface area contributed by atoms with Gasteiger partial charge < -0.3 is 4.74 Å². The van der Waals surface area contributed by atoms with Crippen LogP contribution in [0.25, 0.3) is 5.69 Å². The summed E-state index contributed by atoms with van der Waals surface area (Å²) in [6, 6.07) is 8.06. The van der Waals surface area contributed by atoms with E-state index in [1.54, 1.807) is 6.20 Å². The zero-order valence-corrected chi connectivity index (χ0v) is 11.6. The second-order valence-corrected chi connectivity index (χ2v) is 5.54. The van der Waals surface area contributed by atoms with Gasteiger partial charge in [-0.2, -0.15) is 5.10 Å². The van der Waals surface area contributed by atoms with E-state index in [4.69, 9.17) is 4.74 Å². The molecule has 2 aromatic rings. The van der Waals surface area contributed by atoms with Gasteiger partial charge in [0.1, 0.15) is 0 Å². The van der Waals surface area contributed by atoms with Crippen LogP contribution in [-0.4, -0.2) is 15.9 Å². The lowest BCUT2D eigenvalue weighted by Crippen LogP contribution is -2.10. The number of aromatic nitrogens is 2. The molecule has 0 amide bonds. The average molecular weight is 307 g/mol. The van der Waals surface area contributed by atoms with Gasteiger partial charge in [0.2, 0.25) is 0 Å². The first kappa shape index (κ1) is 11.8. The molecule has 1 fully saturated rings. The molecule has 0 saturated heterocycles. The van der Waals surface area contributed by atoms with Crippen LogP contribution in [0.15, 0.2) is 41.1 Å². The Morgan fingerprint density at radius 3 is 2.89 bits per heavy atom. The van der Waals surface area contributed by atoms with Crippen LogP contribution in [0.2, 0.25) is 0 Å². The highest BCUT2D eigenvalue weighted by Crippen LogP contribution is 2.24. The highest BCUT2D eigenvalue weighted by molar-refractivity contribution is 9.10. The van der Waals surface area contributed by atoms with Gasteiger partial charge >= 0.3 is 0 Å². The van der Waals surface area contributed by atoms with Gasteiger partial charge in [0.25, 0.3) is 0 Å². The maximum Gasteiger partial charge on any atom is 0.158 e. The Bertz CT molecular complexity index is 532. The van der Waals surface area contributed by atoms with Gasteiger partial charge in [0, 0.05) is 4.47 Å². The summed E-state index contributed by atoms with van der Waals surface area (Å²) in [5, 5.41) is 4.34. The van der Waals surface area contributed by atoms with Crippen LogP contribution in [-0.2, 0) is 0 Å². The molecule has 1 saturated carbocycles. The van der Waals surface area contributed by atoms with Crippen molar-refractivity contribution in [2.24, 2.45) is 0 Å². The van der Waals surface area contributed by atoms with E-state index in [1.807, 2.05) is 35.1 Å². The largest absolute Gasteiger partial charge is 0.487 e. The molecular weight excluding hydrogens is 292 g/mol. The van der Waals surface area contributed by atoms with E-state index in [1.165, 1.54) is 25.7 Å². The number of nitrogens with zero attached hydrogens (tertiary/aromatic N) is 2. The molecule has 1 aromatic heterocycles. The van der Waals surface area contributed by atoms with Crippen LogP contribution in [0.5, 0.6) is 5.75 Å². The normalized spacial score (nSPS) is 16.1. The predicted octanol–water partition coefficient (Wildman–Crippen LogP) is 3.96. The van der Waals surface area contributed by atoms with Gasteiger partial charge in [-0.3, -0.25) is 0 Å². The molecule has 0 aliphatic heterocycles. The number of ether oxygens (including phenoxy) is 1. The monoisotopic (exact) mass is 306 g/mol. The molecule has 3 nitrogen and oxygen atoms in total. The maximum absolute atomic E-state index is 5.91. The van der Waals surface area contributed by atoms with E-state index in [9.17, 15) is 0 Å². The fourth-order valence-corrected chi connectivity index (χ4v) is 2.71. The molecule has 0 radical (unpaired) electrons. The third-order valence-corrected chi connectivity index (χ3v) is 3.73. The van der Waals surface area contributed by atoms with E-state index < -0.39 is 0 Å². The summed E-state index contributed by atoms with van der Waals surface area (Å²) in [6.45, 7) is 0. The third kappa shape index (κ3) is 2.58. The summed E-state index contributed by atoms with van der Waals surface area (Å²) in [5.74, 6) is 0.863. The molecule has 1 heterocycles. The predicted molar refractivity (Wildman–Crippen MR) is 74.1 cm³/mol. The molecule has 0 bridgehead atoms. The van der Waals surface area contributed by atoms with Crippen LogP contribution >= 0.6 is 15.9 Å². The fraction of sp³-hybridized carbons (Fsp3) is 0.357. The van der Waals surface area contributed by atoms with Gasteiger partial charge in [0.15, 0.2) is 5.75 Å². The summed E-state index contributed by atoms with van der Waals surface area (Å²) >= 11 is 3.46. The van der Waals surface area contributed by atoms with Crippen LogP contribution in [0.4, 0.5) is 0 Å². The maximum atomic E-state index is 5.91. The van der Waals surface area contributed by atoms with E-state index in [-0.39, 0.29) is 0 Å². The van der Waals surface area contributed by atoms with Crippen molar-refractivity contribution in [2.75, 3.05) is 0 Å². The van der Waals surface area contributed by atoms with Crippen molar-refractivity contribution in [1.82, 2.24) is 9.78 Å². The minimum absolute atomic E-state index is 0.380. The number of benzene rings is 1. The highest BCUT2D eigenvalue weighted by Gasteiger charge is 2.17. The molecular formula is C14H15BrN2O. The van der Waals surface area contributed by atoms with Crippen LogP contribution in [0.3, 0.4) is 0 Å². The van der Waals surface area contributed by atoms with Crippen molar-refractivity contribution in [2.45, 2.75) is 31.8 Å². The minimum atomic E-state index is 0.380. The quantitative estimate of drug-likeness (QED) is 0.858. The van der Waals surface area contributed by atoms with Crippen LogP contribution < -0.4 is 4.74 Å². The van der Waals surface area contributed by atoms with Crippen molar-refractivity contribution in [1.29, 1.82) is 0 Å². The summed E-state index contributed by atoms with van der Waals surface area (Å²) in [7, 11) is 0. The first-order chi connectivity index (χ1) is 8.81. The Hall–Kier alpha value is -1.29. The highest BCUT2D eigenvalue weighted by atomic mass is 79.9. The molecule has 18 heavy (non-hydrogen) atoms. The Morgan fingerprint density at radius 2 is 2.11 bits per heavy atom. The smallest absolute Gasteiger partial charge is 0.158 e. The molecule has 0 N–H and O–H groups in total. The summed E-state index contributed by atoms with van der Waals surface area (Å²) in [6.07, 6.45) is 9.02. The molecule has 0 spiro atoms. The first-order valence-electron chi connectivity index (χ1n) is 6.28. The molecule has 0 unspecified atom stereocenters. The Balaban J connectivity index is 1.76. The van der Waals surface area contributed by atoms with Crippen molar-refractivity contribution in [3.63, 3.8) is 0 Å². The molecule has 1 aliphatic rings. The molecule has 1 aromatic carbocycles. The molecule has 4 heteroatoms. The van der Waals surface area contributed by atoms with E-state index in [0.29, 0.717) is 6.10 Å². The molecule has 94 valence electrons. The van der Waals surface area contributed by atoms with E-state index in [0.717, 1.165) is 15.9 Å². The van der Waals surface area contributed by atoms with Crippen LogP contribution in [0, 0.1) is 0 Å². The van der Waals surface area contributed by atoms with Crippen molar-refractivity contribution in [3.8, 4) is 11.4 Å². The lowest BCUT2D eigenvalue weighted by Gasteiger charge is -2.09. The second kappa shape index (κ2) is 5.14. The number of halogens is 1. The van der Waals surface area contributed by atoms with E-state index in [2.05, 4.69) is 21.0 Å². The number of hydrogen-bond donors (Lipinski definition) is 0. The first-order valence-corrected chi connectivity index (χ1v) is 7.08. The van der Waals surface area contributed by atoms with Gasteiger partial charge in [-0.25, -0.2) is 4.68 Å². The summed E-state index contributed by atoms with van der Waals surface area (Å²) in [4.78, 5) is 0. The number of rotatable bonds is 3. The summed E-state index contributed by atoms with van der Waals surface area (Å²) in [5.41, 5.74) is 1.03. The van der Waals surface area contributed by atoms with Gasteiger partial charge in [-0.1, -0.05) is 22.0 Å². The fourth-order valence-electron chi connectivity index (χ4n) is 2.33. The van der Waals surface area contributed by atoms with Gasteiger partial charge in [-0.05, 0) is 43.9 Å². The molecule has 0 atom stereocenters. The molecule has 1 aliphatic carbocycles. The van der Waals surface area contributed by atoms with Crippen molar-refractivity contribution >= 4 is 15.9 Å². The third-order valence-electron chi connectivity index (χ3n) is 3.24. The molecule has 3 rings (SSSR count). The number of hydrogen-bond acceptors (Lipinski definition) is 2. The van der Waals surface area contributed by atoms with Crippen molar-refractivity contribution in [3.05, 3.63) is 41.1 Å². The van der Waals surface area contributed by atoms with Crippen molar-refractivity contribution < 1.29 is 4.74 Å². The Morgan fingerprint density at radius 1 is 1.28 bits per heavy atom. The second-order valence-electron chi connectivity index (χ2n) is 4.62. The zero-order chi connectivity index (χ0) is 12.4. The average Bonchev–Trinajstić information content (AvgIpc) is 3.01. The lowest BCUT2D eigenvalue weighted by molar-refractivity contribution is 0.210. The standard InChI is InChI=1S/C14H15BrN2O/c15-11-4-3-5-12(8-11)17-10-14(9-16-17)18-13-6-1-2-7-13/h3-5,8-10,13H,1-2,6-7H2. The van der Waals surface area contributed by atoms with E-state index >= 15 is 0 Å². The topological polar surface area (TPSA) is 27.1 Å². The van der Waals surface area contributed by atoms with Gasteiger partial charge in [0.05, 0.1) is 24.2 Å². The van der Waals surface area contributed by atoms with Gasteiger partial charge in [-0.15, -0.1) is 0 Å². The summed E-state index contributed by atoms with van der Waals surface area (Å²) < 4.78 is 8.80. The Kier molecular flexibility index (Phi) is 3.37. The zero-order valence-electron chi connectivity index (χ0n) is 10.1. The minimum Gasteiger partial charge on any atom is -0.487 e. The lowest BCUT2D eigenvalue weighted by atomic mass is 10.3.